The molecule has 2 N–H and O–H groups in total. The minimum atomic E-state index is 0.371. The van der Waals surface area contributed by atoms with Crippen LogP contribution in [0.5, 0.6) is 0 Å². The van der Waals surface area contributed by atoms with Crippen LogP contribution in [0.15, 0.2) is 161 Å². The zero-order valence-electron chi connectivity index (χ0n) is 26.9. The van der Waals surface area contributed by atoms with E-state index in [-0.39, 0.29) is 0 Å². The summed E-state index contributed by atoms with van der Waals surface area (Å²) >= 11 is 0. The molecule has 0 aliphatic heterocycles. The maximum Gasteiger partial charge on any atom is 0.165 e. The second-order valence-corrected chi connectivity index (χ2v) is 11.2. The van der Waals surface area contributed by atoms with Crippen molar-refractivity contribution >= 4 is 28.7 Å². The van der Waals surface area contributed by atoms with Crippen molar-refractivity contribution in [1.82, 2.24) is 20.4 Å². The molecule has 7 aromatic rings. The Morgan fingerprint density at radius 1 is 0.816 bits per heavy atom. The lowest BCUT2D eigenvalue weighted by Crippen LogP contribution is -2.40. The van der Waals surface area contributed by atoms with Gasteiger partial charge in [0.25, 0.3) is 0 Å². The van der Waals surface area contributed by atoms with Gasteiger partial charge in [0.2, 0.25) is 0 Å². The molecule has 2 heterocycles. The fourth-order valence-corrected chi connectivity index (χ4v) is 5.54. The van der Waals surface area contributed by atoms with Crippen molar-refractivity contribution in [2.75, 3.05) is 16.9 Å². The van der Waals surface area contributed by atoms with Crippen molar-refractivity contribution in [3.63, 3.8) is 0 Å². The second kappa shape index (κ2) is 14.3. The number of terminal acetylenes is 1. The number of hydrazine groups is 1. The minimum Gasteiger partial charge on any atom is -0.372 e. The Morgan fingerprint density at radius 3 is 2.12 bits per heavy atom. The van der Waals surface area contributed by atoms with Gasteiger partial charge in [-0.15, -0.1) is 6.42 Å². The van der Waals surface area contributed by atoms with Crippen LogP contribution in [0.2, 0.25) is 0 Å². The summed E-state index contributed by atoms with van der Waals surface area (Å²) in [4.78, 5) is 5.22. The normalized spacial score (nSPS) is 11.1. The molecule has 49 heavy (non-hydrogen) atoms. The molecule has 7 rings (SSSR count). The van der Waals surface area contributed by atoms with Crippen LogP contribution in [-0.2, 0) is 0 Å². The van der Waals surface area contributed by atoms with Gasteiger partial charge < -0.3 is 9.84 Å². The zero-order chi connectivity index (χ0) is 33.4. The number of benzene rings is 5. The molecule has 8 nitrogen and oxygen atoms in total. The van der Waals surface area contributed by atoms with Gasteiger partial charge in [-0.2, -0.15) is 5.10 Å². The summed E-state index contributed by atoms with van der Waals surface area (Å²) in [5.41, 5.74) is 11.0. The molecule has 0 saturated heterocycles. The highest BCUT2D eigenvalue weighted by Crippen LogP contribution is 2.42. The Kier molecular flexibility index (Phi) is 8.97. The summed E-state index contributed by atoms with van der Waals surface area (Å²) in [6.45, 7) is 2.26. The molecule has 0 unspecified atom stereocenters. The molecule has 0 spiro atoms. The minimum absolute atomic E-state index is 0.371. The quantitative estimate of drug-likeness (QED) is 0.0673. The van der Waals surface area contributed by atoms with Crippen molar-refractivity contribution in [2.24, 2.45) is 4.99 Å². The van der Waals surface area contributed by atoms with E-state index < -0.39 is 0 Å². The lowest BCUT2D eigenvalue weighted by Gasteiger charge is -2.29. The average Bonchev–Trinajstić information content (AvgIpc) is 3.78. The summed E-state index contributed by atoms with van der Waals surface area (Å²) in [5, 5.41) is 15.1. The number of aromatic nitrogens is 3. The number of nitrogens with zero attached hydrogens (tertiary/aromatic N) is 5. The lowest BCUT2D eigenvalue weighted by atomic mass is 10.0. The molecule has 0 amide bonds. The first-order valence-electron chi connectivity index (χ1n) is 15.9. The average molecular weight is 640 g/mol. The van der Waals surface area contributed by atoms with Gasteiger partial charge in [-0.05, 0) is 43.3 Å². The third kappa shape index (κ3) is 6.68. The predicted molar refractivity (Wildman–Crippen MR) is 197 cm³/mol. The van der Waals surface area contributed by atoms with E-state index in [2.05, 4.69) is 34.0 Å². The molecule has 0 bridgehead atoms. The number of aliphatic imine (C=N–C) groups is 1. The number of aryl methyl sites for hydroxylation is 1. The van der Waals surface area contributed by atoms with Crippen LogP contribution < -0.4 is 15.8 Å². The fraction of sp³-hybridized carbons (Fsp3) is 0.0488. The van der Waals surface area contributed by atoms with Crippen molar-refractivity contribution in [1.29, 1.82) is 0 Å². The Balaban J connectivity index is 1.51. The largest absolute Gasteiger partial charge is 0.372 e. The lowest BCUT2D eigenvalue weighted by molar-refractivity contribution is 0.399. The van der Waals surface area contributed by atoms with Gasteiger partial charge in [-0.1, -0.05) is 120 Å². The molecule has 0 fully saturated rings. The third-order valence-corrected chi connectivity index (χ3v) is 7.80. The molecule has 8 heteroatoms. The number of rotatable bonds is 10. The molecular formula is C41H33N7O. The Morgan fingerprint density at radius 2 is 1.45 bits per heavy atom. The van der Waals surface area contributed by atoms with E-state index in [1.165, 1.54) is 0 Å². The van der Waals surface area contributed by atoms with Crippen LogP contribution in [0.3, 0.4) is 0 Å². The van der Waals surface area contributed by atoms with Crippen LogP contribution >= 0.6 is 0 Å². The van der Waals surface area contributed by atoms with Gasteiger partial charge in [-0.3, -0.25) is 5.43 Å². The maximum atomic E-state index is 5.67. The smallest absolute Gasteiger partial charge is 0.165 e. The first kappa shape index (κ1) is 30.8. The van der Waals surface area contributed by atoms with Gasteiger partial charge >= 0.3 is 0 Å². The zero-order valence-corrected chi connectivity index (χ0v) is 26.9. The van der Waals surface area contributed by atoms with Crippen LogP contribution in [0, 0.1) is 19.3 Å². The summed E-state index contributed by atoms with van der Waals surface area (Å²) in [5.74, 6) is 4.66. The maximum absolute atomic E-state index is 5.67. The number of nitrogens with one attached hydrogen (secondary N) is 2. The molecule has 0 atom stereocenters. The van der Waals surface area contributed by atoms with E-state index in [1.807, 2.05) is 156 Å². The van der Waals surface area contributed by atoms with Crippen molar-refractivity contribution in [3.05, 3.63) is 163 Å². The van der Waals surface area contributed by atoms with E-state index in [0.29, 0.717) is 29.7 Å². The number of amidine groups is 1. The molecule has 238 valence electrons. The van der Waals surface area contributed by atoms with E-state index in [4.69, 9.17) is 21.0 Å². The molecule has 0 radical (unpaired) electrons. The van der Waals surface area contributed by atoms with E-state index in [1.54, 1.807) is 0 Å². The van der Waals surface area contributed by atoms with Crippen LogP contribution in [0.4, 0.5) is 22.9 Å². The highest BCUT2D eigenvalue weighted by atomic mass is 16.5. The van der Waals surface area contributed by atoms with Gasteiger partial charge in [0.1, 0.15) is 17.1 Å². The third-order valence-electron chi connectivity index (χ3n) is 7.80. The van der Waals surface area contributed by atoms with Crippen molar-refractivity contribution < 1.29 is 4.52 Å². The number of hydrogen-bond donors (Lipinski definition) is 2. The highest BCUT2D eigenvalue weighted by Gasteiger charge is 2.30. The van der Waals surface area contributed by atoms with Crippen molar-refractivity contribution in [2.45, 2.75) is 6.92 Å². The van der Waals surface area contributed by atoms with Gasteiger partial charge in [-0.25, -0.2) is 14.7 Å². The summed E-state index contributed by atoms with van der Waals surface area (Å²) < 4.78 is 7.61. The molecule has 2 aromatic heterocycles. The predicted octanol–water partition coefficient (Wildman–Crippen LogP) is 8.97. The van der Waals surface area contributed by atoms with E-state index in [9.17, 15) is 0 Å². The summed E-state index contributed by atoms with van der Waals surface area (Å²) in [6, 6.07) is 50.1. The molecular weight excluding hydrogens is 606 g/mol. The van der Waals surface area contributed by atoms with Gasteiger partial charge in [0.15, 0.2) is 11.7 Å². The Hall–Kier alpha value is -6.85. The Labute approximate surface area is 285 Å². The number of anilines is 3. The second-order valence-electron chi connectivity index (χ2n) is 11.2. The first-order chi connectivity index (χ1) is 24.2. The SMILES string of the molecule is C#CCNc1ccccc1N=C(NN(c1ccccc1)c1c(-c2cc(C)on2)c(-c2ccccc2)nn1-c1ccccc1)c1ccccc1. The van der Waals surface area contributed by atoms with Crippen LogP contribution in [0.25, 0.3) is 28.2 Å². The summed E-state index contributed by atoms with van der Waals surface area (Å²) in [7, 11) is 0. The van der Waals surface area contributed by atoms with Gasteiger partial charge in [0, 0.05) is 17.2 Å². The van der Waals surface area contributed by atoms with Crippen LogP contribution in [0.1, 0.15) is 11.3 Å². The molecule has 5 aromatic carbocycles. The number of hydrogen-bond acceptors (Lipinski definition) is 6. The molecule has 0 saturated carbocycles. The number of para-hydroxylation sites is 4. The monoisotopic (exact) mass is 639 g/mol. The van der Waals surface area contributed by atoms with Crippen LogP contribution in [-0.4, -0.2) is 27.3 Å². The Bertz CT molecular complexity index is 2220. The first-order valence-corrected chi connectivity index (χ1v) is 15.9. The summed E-state index contributed by atoms with van der Waals surface area (Å²) in [6.07, 6.45) is 5.60. The van der Waals surface area contributed by atoms with E-state index in [0.717, 1.165) is 45.1 Å². The fourth-order valence-electron chi connectivity index (χ4n) is 5.54. The highest BCUT2D eigenvalue weighted by molar-refractivity contribution is 6.03. The molecule has 0 aliphatic rings. The van der Waals surface area contributed by atoms with E-state index >= 15 is 0 Å². The topological polar surface area (TPSA) is 83.5 Å². The van der Waals surface area contributed by atoms with Gasteiger partial charge in [0.05, 0.1) is 34.9 Å². The van der Waals surface area contributed by atoms with Crippen molar-refractivity contribution in [3.8, 4) is 40.5 Å². The molecule has 0 aliphatic carbocycles. The standard InChI is InChI=1S/C41H33N7O/c1-3-28-42-35-26-16-17-27-36(35)43-40(32-20-10-5-11-21-32)45-48(34-24-14-7-15-25-34)41-38(37-29-30(2)49-46-37)39(31-18-8-4-9-19-31)44-47(41)33-22-12-6-13-23-33/h1,4-27,29,42H,28H2,2H3,(H,43,45).